The van der Waals surface area contributed by atoms with Gasteiger partial charge in [-0.15, -0.1) is 11.3 Å². The zero-order valence-corrected chi connectivity index (χ0v) is 15.1. The number of amides is 2. The number of nitrogens with two attached hydrogens (primary N) is 1. The minimum absolute atomic E-state index is 0.00880. The van der Waals surface area contributed by atoms with Crippen molar-refractivity contribution >= 4 is 34.1 Å². The highest BCUT2D eigenvalue weighted by Crippen LogP contribution is 2.33. The third-order valence-electron chi connectivity index (χ3n) is 3.49. The summed E-state index contributed by atoms with van der Waals surface area (Å²) >= 11 is 0.964. The van der Waals surface area contributed by atoms with Gasteiger partial charge in [0.1, 0.15) is 11.5 Å². The van der Waals surface area contributed by atoms with Crippen molar-refractivity contribution in [3.63, 3.8) is 0 Å². The van der Waals surface area contributed by atoms with E-state index >= 15 is 0 Å². The number of nitrogens with zero attached hydrogens (tertiary/aromatic N) is 2. The predicted molar refractivity (Wildman–Crippen MR) is 93.7 cm³/mol. The molecule has 2 rings (SSSR count). The first-order valence-corrected chi connectivity index (χ1v) is 8.55. The van der Waals surface area contributed by atoms with Gasteiger partial charge in [0, 0.05) is 11.9 Å². The average molecular weight is 364 g/mol. The second-order valence-electron chi connectivity index (χ2n) is 5.44. The van der Waals surface area contributed by atoms with Crippen molar-refractivity contribution in [1.82, 2.24) is 9.78 Å². The molecule has 2 amide bonds. The molecule has 25 heavy (non-hydrogen) atoms. The van der Waals surface area contributed by atoms with E-state index in [1.165, 1.54) is 4.68 Å². The number of hydrogen-bond donors (Lipinski definition) is 2. The van der Waals surface area contributed by atoms with Crippen LogP contribution in [0.25, 0.3) is 0 Å². The zero-order valence-electron chi connectivity index (χ0n) is 14.3. The number of thiophene rings is 1. The summed E-state index contributed by atoms with van der Waals surface area (Å²) in [6.07, 6.45) is 2.26. The van der Waals surface area contributed by atoms with Crippen LogP contribution in [0.5, 0.6) is 0 Å². The van der Waals surface area contributed by atoms with E-state index in [0.717, 1.165) is 17.0 Å². The molecule has 0 saturated heterocycles. The quantitative estimate of drug-likeness (QED) is 0.728. The van der Waals surface area contributed by atoms with Crippen molar-refractivity contribution in [3.05, 3.63) is 34.0 Å². The molecule has 0 radical (unpaired) electrons. The highest BCUT2D eigenvalue weighted by atomic mass is 32.1. The molecule has 2 heterocycles. The summed E-state index contributed by atoms with van der Waals surface area (Å²) < 4.78 is 6.67. The Kier molecular flexibility index (Phi) is 5.92. The van der Waals surface area contributed by atoms with Gasteiger partial charge in [-0.3, -0.25) is 14.3 Å². The summed E-state index contributed by atoms with van der Waals surface area (Å²) in [6.45, 7) is 5.55. The normalized spacial score (nSPS) is 10.5. The molecule has 134 valence electrons. The standard InChI is InChI=1S/C16H20N4O4S/c1-4-7-24-16(23)12-10(3)13(14(17)22)25-15(12)19-11(21)8-20-9(2)5-6-18-20/h5-6H,4,7-8H2,1-3H3,(H2,17,22)(H,19,21). The first kappa shape index (κ1) is 18.7. The first-order valence-electron chi connectivity index (χ1n) is 7.73. The number of carbonyl (C=O) groups is 3. The van der Waals surface area contributed by atoms with E-state index < -0.39 is 11.9 Å². The van der Waals surface area contributed by atoms with Gasteiger partial charge in [-0.25, -0.2) is 4.79 Å². The molecule has 0 aliphatic carbocycles. The number of aryl methyl sites for hydroxylation is 1. The Labute approximate surface area is 149 Å². The van der Waals surface area contributed by atoms with Gasteiger partial charge in [-0.1, -0.05) is 6.92 Å². The zero-order chi connectivity index (χ0) is 18.6. The van der Waals surface area contributed by atoms with Crippen molar-refractivity contribution in [2.24, 2.45) is 5.73 Å². The van der Waals surface area contributed by atoms with Gasteiger partial charge in [0.25, 0.3) is 5.91 Å². The number of primary amides is 1. The Hall–Kier alpha value is -2.68. The number of carbonyl (C=O) groups excluding carboxylic acids is 3. The third-order valence-corrected chi connectivity index (χ3v) is 4.71. The van der Waals surface area contributed by atoms with Crippen molar-refractivity contribution in [3.8, 4) is 0 Å². The number of rotatable bonds is 7. The van der Waals surface area contributed by atoms with Crippen LogP contribution in [0.3, 0.4) is 0 Å². The summed E-state index contributed by atoms with van der Waals surface area (Å²) in [5.41, 5.74) is 6.75. The molecule has 0 saturated carbocycles. The molecule has 2 aromatic rings. The number of anilines is 1. The van der Waals surface area contributed by atoms with Crippen LogP contribution in [-0.4, -0.2) is 34.2 Å². The van der Waals surface area contributed by atoms with Crippen LogP contribution in [-0.2, 0) is 16.1 Å². The van der Waals surface area contributed by atoms with E-state index in [-0.39, 0.29) is 34.5 Å². The minimum Gasteiger partial charge on any atom is -0.462 e. The lowest BCUT2D eigenvalue weighted by molar-refractivity contribution is -0.116. The SMILES string of the molecule is CCCOC(=O)c1c(NC(=O)Cn2nccc2C)sc(C(N)=O)c1C. The average Bonchev–Trinajstić information content (AvgIpc) is 3.08. The molecular formula is C16H20N4O4S. The predicted octanol–water partition coefficient (Wildman–Crippen LogP) is 1.87. The molecule has 0 atom stereocenters. The summed E-state index contributed by atoms with van der Waals surface area (Å²) in [7, 11) is 0. The second kappa shape index (κ2) is 7.93. The van der Waals surface area contributed by atoms with Crippen LogP contribution in [0.15, 0.2) is 12.3 Å². The molecule has 0 bridgehead atoms. The van der Waals surface area contributed by atoms with Crippen molar-refractivity contribution < 1.29 is 19.1 Å². The van der Waals surface area contributed by atoms with Crippen LogP contribution in [0.4, 0.5) is 5.00 Å². The molecule has 0 aliphatic rings. The Bertz CT molecular complexity index is 809. The maximum atomic E-state index is 12.3. The Balaban J connectivity index is 2.27. The van der Waals surface area contributed by atoms with E-state index in [9.17, 15) is 14.4 Å². The minimum atomic E-state index is -0.657. The summed E-state index contributed by atoms with van der Waals surface area (Å²) in [6, 6.07) is 1.78. The van der Waals surface area contributed by atoms with Gasteiger partial charge in [-0.2, -0.15) is 5.10 Å². The third kappa shape index (κ3) is 4.24. The highest BCUT2D eigenvalue weighted by molar-refractivity contribution is 7.18. The van der Waals surface area contributed by atoms with E-state index in [2.05, 4.69) is 10.4 Å². The van der Waals surface area contributed by atoms with E-state index in [4.69, 9.17) is 10.5 Å². The molecule has 8 nitrogen and oxygen atoms in total. The number of ether oxygens (including phenoxy) is 1. The van der Waals surface area contributed by atoms with Crippen LogP contribution in [0, 0.1) is 13.8 Å². The first-order chi connectivity index (χ1) is 11.8. The van der Waals surface area contributed by atoms with Gasteiger partial charge in [0.2, 0.25) is 5.91 Å². The maximum Gasteiger partial charge on any atom is 0.341 e. The molecular weight excluding hydrogens is 344 g/mol. The van der Waals surface area contributed by atoms with E-state index in [0.29, 0.717) is 12.0 Å². The van der Waals surface area contributed by atoms with Crippen LogP contribution < -0.4 is 11.1 Å². The van der Waals surface area contributed by atoms with E-state index in [1.54, 1.807) is 19.2 Å². The van der Waals surface area contributed by atoms with Crippen molar-refractivity contribution in [2.45, 2.75) is 33.7 Å². The lowest BCUT2D eigenvalue weighted by Gasteiger charge is -2.08. The fourth-order valence-electron chi connectivity index (χ4n) is 2.22. The monoisotopic (exact) mass is 364 g/mol. The molecule has 0 aromatic carbocycles. The van der Waals surface area contributed by atoms with Crippen LogP contribution in [0.2, 0.25) is 0 Å². The molecule has 0 spiro atoms. The number of esters is 1. The lowest BCUT2D eigenvalue weighted by atomic mass is 10.1. The highest BCUT2D eigenvalue weighted by Gasteiger charge is 2.25. The molecule has 3 N–H and O–H groups in total. The summed E-state index contributed by atoms with van der Waals surface area (Å²) in [5.74, 6) is -1.61. The Morgan fingerprint density at radius 3 is 2.64 bits per heavy atom. The van der Waals surface area contributed by atoms with Gasteiger partial charge >= 0.3 is 5.97 Å². The van der Waals surface area contributed by atoms with Gasteiger partial charge in [0.05, 0.1) is 17.0 Å². The van der Waals surface area contributed by atoms with Crippen LogP contribution in [0.1, 0.15) is 44.6 Å². The number of aromatic nitrogens is 2. The fourth-order valence-corrected chi connectivity index (χ4v) is 3.28. The summed E-state index contributed by atoms with van der Waals surface area (Å²) in [5, 5.41) is 6.95. The van der Waals surface area contributed by atoms with Gasteiger partial charge in [0.15, 0.2) is 0 Å². The van der Waals surface area contributed by atoms with Crippen molar-refractivity contribution in [2.75, 3.05) is 11.9 Å². The Morgan fingerprint density at radius 1 is 1.36 bits per heavy atom. The maximum absolute atomic E-state index is 12.3. The number of hydrogen-bond acceptors (Lipinski definition) is 6. The molecule has 0 unspecified atom stereocenters. The van der Waals surface area contributed by atoms with Gasteiger partial charge < -0.3 is 15.8 Å². The largest absolute Gasteiger partial charge is 0.462 e. The number of nitrogens with one attached hydrogen (secondary N) is 1. The molecule has 0 aliphatic heterocycles. The molecule has 9 heteroatoms. The smallest absolute Gasteiger partial charge is 0.341 e. The fraction of sp³-hybridized carbons (Fsp3) is 0.375. The van der Waals surface area contributed by atoms with E-state index in [1.807, 2.05) is 13.8 Å². The topological polar surface area (TPSA) is 116 Å². The van der Waals surface area contributed by atoms with Crippen molar-refractivity contribution in [1.29, 1.82) is 0 Å². The van der Waals surface area contributed by atoms with Crippen LogP contribution >= 0.6 is 11.3 Å². The molecule has 2 aromatic heterocycles. The van der Waals surface area contributed by atoms with Gasteiger partial charge in [-0.05, 0) is 31.9 Å². The Morgan fingerprint density at radius 2 is 2.08 bits per heavy atom. The second-order valence-corrected chi connectivity index (χ2v) is 6.46. The lowest BCUT2D eigenvalue weighted by Crippen LogP contribution is -2.21. The summed E-state index contributed by atoms with van der Waals surface area (Å²) in [4.78, 5) is 36.4. The molecule has 0 fully saturated rings.